The molecule has 110 valence electrons. The number of hydrogen-bond acceptors (Lipinski definition) is 5. The molecule has 1 aromatic heterocycles. The highest BCUT2D eigenvalue weighted by atomic mass is 32.2. The summed E-state index contributed by atoms with van der Waals surface area (Å²) < 4.78 is 22.8. The third-order valence-electron chi connectivity index (χ3n) is 2.79. The Morgan fingerprint density at radius 3 is 2.52 bits per heavy atom. The second-order valence-corrected chi connectivity index (χ2v) is 7.52. The van der Waals surface area contributed by atoms with Crippen LogP contribution in [0.5, 0.6) is 0 Å². The molecule has 0 unspecified atom stereocenters. The molecule has 0 aliphatic heterocycles. The molecule has 21 heavy (non-hydrogen) atoms. The van der Waals surface area contributed by atoms with Crippen molar-refractivity contribution in [1.82, 2.24) is 4.98 Å². The number of aromatic nitrogens is 1. The highest BCUT2D eigenvalue weighted by Gasteiger charge is 2.08. The third kappa shape index (κ3) is 4.05. The summed E-state index contributed by atoms with van der Waals surface area (Å²) in [6.45, 7) is 0. The molecule has 0 radical (unpaired) electrons. The quantitative estimate of drug-likeness (QED) is 0.499. The number of thioether (sulfide) groups is 1. The average molecular weight is 321 g/mol. The molecule has 0 aliphatic carbocycles. The Kier molecular flexibility index (Phi) is 4.64. The van der Waals surface area contributed by atoms with Crippen LogP contribution in [0.2, 0.25) is 0 Å². The van der Waals surface area contributed by atoms with Crippen LogP contribution in [0.1, 0.15) is 11.3 Å². The summed E-state index contributed by atoms with van der Waals surface area (Å²) >= 11 is 1.54. The molecule has 3 N–H and O–H groups in total. The van der Waals surface area contributed by atoms with Gasteiger partial charge in [0.05, 0.1) is 4.90 Å². The highest BCUT2D eigenvalue weighted by Crippen LogP contribution is 2.25. The van der Waals surface area contributed by atoms with Crippen LogP contribution in [0.15, 0.2) is 52.4 Å². The molecule has 0 aliphatic rings. The number of pyridine rings is 1. The standard InChI is InChI=1S/C14H15N3O2S2/c1-21(18,19)12-6-4-11(5-7-12)20-9-10-3-2-8-17-13(10)14(15)16/h2-8H,9H2,1H3,(H3,15,16). The molecule has 5 nitrogen and oxygen atoms in total. The molecule has 0 saturated heterocycles. The first-order chi connectivity index (χ1) is 9.88. The van der Waals surface area contributed by atoms with Crippen molar-refractivity contribution in [2.45, 2.75) is 15.5 Å². The third-order valence-corrected chi connectivity index (χ3v) is 4.98. The number of benzene rings is 1. The fourth-order valence-electron chi connectivity index (χ4n) is 1.74. The van der Waals surface area contributed by atoms with Crippen molar-refractivity contribution in [3.8, 4) is 0 Å². The van der Waals surface area contributed by atoms with Crippen LogP contribution in [0.25, 0.3) is 0 Å². The summed E-state index contributed by atoms with van der Waals surface area (Å²) in [4.78, 5) is 5.34. The van der Waals surface area contributed by atoms with Gasteiger partial charge in [-0.05, 0) is 35.9 Å². The molecule has 1 aromatic carbocycles. The van der Waals surface area contributed by atoms with Crippen molar-refractivity contribution in [3.63, 3.8) is 0 Å². The zero-order valence-corrected chi connectivity index (χ0v) is 13.0. The van der Waals surface area contributed by atoms with Gasteiger partial charge in [0.25, 0.3) is 0 Å². The molecule has 0 amide bonds. The molecule has 2 rings (SSSR count). The Bertz CT molecular complexity index is 756. The second kappa shape index (κ2) is 6.28. The monoisotopic (exact) mass is 321 g/mol. The lowest BCUT2D eigenvalue weighted by Gasteiger charge is -2.07. The van der Waals surface area contributed by atoms with Gasteiger partial charge in [0.15, 0.2) is 9.84 Å². The molecule has 0 bridgehead atoms. The van der Waals surface area contributed by atoms with Crippen molar-refractivity contribution >= 4 is 27.4 Å². The zero-order chi connectivity index (χ0) is 15.5. The zero-order valence-electron chi connectivity index (χ0n) is 11.4. The van der Waals surface area contributed by atoms with Crippen LogP contribution in [-0.2, 0) is 15.6 Å². The van der Waals surface area contributed by atoms with Crippen molar-refractivity contribution < 1.29 is 8.42 Å². The van der Waals surface area contributed by atoms with Crippen molar-refractivity contribution in [3.05, 3.63) is 53.9 Å². The van der Waals surface area contributed by atoms with E-state index < -0.39 is 9.84 Å². The van der Waals surface area contributed by atoms with E-state index in [0.717, 1.165) is 10.5 Å². The molecular weight excluding hydrogens is 306 g/mol. The van der Waals surface area contributed by atoms with E-state index in [1.807, 2.05) is 6.07 Å². The Labute approximate surface area is 128 Å². The SMILES string of the molecule is CS(=O)(=O)c1ccc(SCc2cccnc2C(=N)N)cc1. The maximum Gasteiger partial charge on any atom is 0.175 e. The van der Waals surface area contributed by atoms with E-state index in [2.05, 4.69) is 4.98 Å². The summed E-state index contributed by atoms with van der Waals surface area (Å²) in [5.41, 5.74) is 6.86. The van der Waals surface area contributed by atoms with Crippen molar-refractivity contribution in [1.29, 1.82) is 5.41 Å². The minimum absolute atomic E-state index is 0.0568. The van der Waals surface area contributed by atoms with E-state index in [-0.39, 0.29) is 5.84 Å². The summed E-state index contributed by atoms with van der Waals surface area (Å²) in [5, 5.41) is 7.50. The molecule has 2 aromatic rings. The van der Waals surface area contributed by atoms with Gasteiger partial charge in [0.1, 0.15) is 11.5 Å². The predicted molar refractivity (Wildman–Crippen MR) is 84.4 cm³/mol. The van der Waals surface area contributed by atoms with Gasteiger partial charge < -0.3 is 5.73 Å². The smallest absolute Gasteiger partial charge is 0.175 e. The average Bonchev–Trinajstić information content (AvgIpc) is 2.45. The van der Waals surface area contributed by atoms with Crippen molar-refractivity contribution in [2.75, 3.05) is 6.26 Å². The molecule has 0 atom stereocenters. The summed E-state index contributed by atoms with van der Waals surface area (Å²) in [5.74, 6) is 0.555. The van der Waals surface area contributed by atoms with Crippen LogP contribution >= 0.6 is 11.8 Å². The minimum Gasteiger partial charge on any atom is -0.382 e. The Hall–Kier alpha value is -1.86. The number of rotatable bonds is 5. The van der Waals surface area contributed by atoms with Gasteiger partial charge in [-0.15, -0.1) is 11.8 Å². The van der Waals surface area contributed by atoms with Gasteiger partial charge in [-0.1, -0.05) is 6.07 Å². The predicted octanol–water partition coefficient (Wildman–Crippen LogP) is 2.06. The molecule has 1 heterocycles. The van der Waals surface area contributed by atoms with Crippen LogP contribution in [0, 0.1) is 5.41 Å². The van der Waals surface area contributed by atoms with Crippen LogP contribution in [0.3, 0.4) is 0 Å². The Morgan fingerprint density at radius 2 is 1.95 bits per heavy atom. The van der Waals surface area contributed by atoms with Crippen LogP contribution < -0.4 is 5.73 Å². The fourth-order valence-corrected chi connectivity index (χ4v) is 3.26. The van der Waals surface area contributed by atoms with Gasteiger partial charge >= 0.3 is 0 Å². The number of nitrogens with zero attached hydrogens (tertiary/aromatic N) is 1. The Morgan fingerprint density at radius 1 is 1.29 bits per heavy atom. The molecule has 0 saturated carbocycles. The van der Waals surface area contributed by atoms with Crippen molar-refractivity contribution in [2.24, 2.45) is 5.73 Å². The lowest BCUT2D eigenvalue weighted by Crippen LogP contribution is -2.15. The minimum atomic E-state index is -3.17. The van der Waals surface area contributed by atoms with Gasteiger partial charge in [0, 0.05) is 23.1 Å². The largest absolute Gasteiger partial charge is 0.382 e. The second-order valence-electron chi connectivity index (χ2n) is 4.46. The Balaban J connectivity index is 2.12. The van der Waals surface area contributed by atoms with E-state index in [4.69, 9.17) is 11.1 Å². The molecular formula is C14H15N3O2S2. The summed E-state index contributed by atoms with van der Waals surface area (Å²) in [7, 11) is -3.17. The lowest BCUT2D eigenvalue weighted by molar-refractivity contribution is 0.602. The molecule has 0 fully saturated rings. The first-order valence-electron chi connectivity index (χ1n) is 6.09. The fraction of sp³-hybridized carbons (Fsp3) is 0.143. The van der Waals surface area contributed by atoms with E-state index in [1.165, 1.54) is 18.0 Å². The van der Waals surface area contributed by atoms with Crippen LogP contribution in [-0.4, -0.2) is 25.5 Å². The van der Waals surface area contributed by atoms with E-state index in [9.17, 15) is 8.42 Å². The van der Waals surface area contributed by atoms with E-state index in [1.54, 1.807) is 36.5 Å². The maximum atomic E-state index is 11.4. The molecule has 0 spiro atoms. The number of hydrogen-bond donors (Lipinski definition) is 2. The number of amidine groups is 1. The first-order valence-corrected chi connectivity index (χ1v) is 8.97. The van der Waals surface area contributed by atoms with Gasteiger partial charge in [-0.2, -0.15) is 0 Å². The normalized spacial score (nSPS) is 11.3. The number of nitrogens with two attached hydrogens (primary N) is 1. The lowest BCUT2D eigenvalue weighted by atomic mass is 10.2. The van der Waals surface area contributed by atoms with Crippen LogP contribution in [0.4, 0.5) is 0 Å². The number of nitrogen functional groups attached to an aromatic ring is 1. The van der Waals surface area contributed by atoms with E-state index in [0.29, 0.717) is 16.3 Å². The van der Waals surface area contributed by atoms with Gasteiger partial charge in [-0.25, -0.2) is 8.42 Å². The number of nitrogens with one attached hydrogen (secondary N) is 1. The highest BCUT2D eigenvalue weighted by molar-refractivity contribution is 7.98. The summed E-state index contributed by atoms with van der Waals surface area (Å²) in [6.07, 6.45) is 2.79. The maximum absolute atomic E-state index is 11.4. The first kappa shape index (κ1) is 15.5. The molecule has 7 heteroatoms. The summed E-state index contributed by atoms with van der Waals surface area (Å²) in [6, 6.07) is 10.4. The van der Waals surface area contributed by atoms with E-state index >= 15 is 0 Å². The number of sulfone groups is 1. The van der Waals surface area contributed by atoms with Gasteiger partial charge in [-0.3, -0.25) is 10.4 Å². The van der Waals surface area contributed by atoms with Gasteiger partial charge in [0.2, 0.25) is 0 Å². The topological polar surface area (TPSA) is 96.9 Å².